The molecule has 0 aliphatic heterocycles. The summed E-state index contributed by atoms with van der Waals surface area (Å²) in [5.41, 5.74) is 4.48. The highest BCUT2D eigenvalue weighted by molar-refractivity contribution is 5.88. The highest BCUT2D eigenvalue weighted by Crippen LogP contribution is 2.44. The Morgan fingerprint density at radius 1 is 1.00 bits per heavy atom. The van der Waals surface area contributed by atoms with Crippen LogP contribution < -0.4 is 5.32 Å². The molecule has 7 nitrogen and oxygen atoms in total. The van der Waals surface area contributed by atoms with Gasteiger partial charge in [0.1, 0.15) is 19.2 Å². The smallest absolute Gasteiger partial charge is 0.407 e. The van der Waals surface area contributed by atoms with Gasteiger partial charge in [-0.3, -0.25) is 9.59 Å². The number of nitrogens with zero attached hydrogens (tertiary/aromatic N) is 1. The second-order valence-corrected chi connectivity index (χ2v) is 8.81. The van der Waals surface area contributed by atoms with Gasteiger partial charge in [-0.05, 0) is 41.5 Å². The lowest BCUT2D eigenvalue weighted by atomic mass is 9.98. The molecule has 7 heteroatoms. The van der Waals surface area contributed by atoms with E-state index in [4.69, 9.17) is 4.74 Å². The van der Waals surface area contributed by atoms with Crippen molar-refractivity contribution in [3.63, 3.8) is 0 Å². The molecule has 176 valence electrons. The monoisotopic (exact) mass is 452 g/mol. The molecule has 0 aromatic heterocycles. The first-order valence-electron chi connectivity index (χ1n) is 11.4. The number of aliphatic carboxylic acids is 1. The fourth-order valence-corrected chi connectivity index (χ4v) is 4.28. The number of carbonyl (C=O) groups is 3. The molecule has 2 atom stereocenters. The van der Waals surface area contributed by atoms with Gasteiger partial charge in [0.2, 0.25) is 5.91 Å². The molecule has 3 rings (SSSR count). The number of hydrogen-bond donors (Lipinski definition) is 2. The Bertz CT molecular complexity index is 974. The van der Waals surface area contributed by atoms with E-state index in [0.29, 0.717) is 6.42 Å². The lowest BCUT2D eigenvalue weighted by molar-refractivity contribution is -0.147. The average molecular weight is 453 g/mol. The van der Waals surface area contributed by atoms with E-state index in [0.717, 1.165) is 22.3 Å². The second-order valence-electron chi connectivity index (χ2n) is 8.81. The van der Waals surface area contributed by atoms with Gasteiger partial charge in [-0.2, -0.15) is 0 Å². The number of fused-ring (bicyclic) bond motifs is 3. The zero-order valence-electron chi connectivity index (χ0n) is 19.6. The van der Waals surface area contributed by atoms with Crippen LogP contribution in [-0.4, -0.2) is 53.2 Å². The van der Waals surface area contributed by atoms with E-state index < -0.39 is 30.6 Å². The summed E-state index contributed by atoms with van der Waals surface area (Å²) in [7, 11) is 0. The van der Waals surface area contributed by atoms with Gasteiger partial charge in [0.25, 0.3) is 0 Å². The van der Waals surface area contributed by atoms with Crippen molar-refractivity contribution < 1.29 is 24.2 Å². The summed E-state index contributed by atoms with van der Waals surface area (Å²) >= 11 is 0. The Kier molecular flexibility index (Phi) is 7.74. The van der Waals surface area contributed by atoms with Gasteiger partial charge in [-0.15, -0.1) is 0 Å². The maximum absolute atomic E-state index is 13.1. The molecule has 0 saturated carbocycles. The van der Waals surface area contributed by atoms with Crippen LogP contribution in [0, 0.1) is 5.92 Å². The molecule has 33 heavy (non-hydrogen) atoms. The predicted molar refractivity (Wildman–Crippen MR) is 126 cm³/mol. The van der Waals surface area contributed by atoms with Crippen LogP contribution in [0.1, 0.15) is 51.2 Å². The summed E-state index contributed by atoms with van der Waals surface area (Å²) in [5.74, 6) is -1.83. The molecule has 2 amide bonds. The number of carbonyl (C=O) groups excluding carboxylic acids is 2. The lowest BCUT2D eigenvalue weighted by Gasteiger charge is -2.32. The van der Waals surface area contributed by atoms with Gasteiger partial charge in [-0.25, -0.2) is 4.79 Å². The molecule has 0 heterocycles. The van der Waals surface area contributed by atoms with E-state index in [1.54, 1.807) is 6.92 Å². The third-order valence-corrected chi connectivity index (χ3v) is 6.26. The number of benzene rings is 2. The van der Waals surface area contributed by atoms with E-state index in [9.17, 15) is 19.5 Å². The van der Waals surface area contributed by atoms with Crippen molar-refractivity contribution in [3.05, 3.63) is 59.7 Å². The Labute approximate surface area is 194 Å². The van der Waals surface area contributed by atoms with Crippen LogP contribution >= 0.6 is 0 Å². The summed E-state index contributed by atoms with van der Waals surface area (Å²) in [6, 6.07) is 15.0. The van der Waals surface area contributed by atoms with Gasteiger partial charge < -0.3 is 20.1 Å². The van der Waals surface area contributed by atoms with Gasteiger partial charge in [0, 0.05) is 12.0 Å². The summed E-state index contributed by atoms with van der Waals surface area (Å²) in [5, 5.41) is 11.9. The van der Waals surface area contributed by atoms with Crippen LogP contribution in [0.3, 0.4) is 0 Å². The topological polar surface area (TPSA) is 95.9 Å². The number of nitrogens with one attached hydrogen (secondary N) is 1. The van der Waals surface area contributed by atoms with Crippen LogP contribution in [0.2, 0.25) is 0 Å². The molecule has 1 unspecified atom stereocenters. The molecule has 0 bridgehead atoms. The Morgan fingerprint density at radius 3 is 2.03 bits per heavy atom. The molecule has 0 saturated heterocycles. The fourth-order valence-electron chi connectivity index (χ4n) is 4.28. The number of ether oxygens (including phenoxy) is 1. The normalized spacial score (nSPS) is 14.2. The first-order chi connectivity index (χ1) is 15.7. The molecule has 1 aliphatic carbocycles. The molecule has 2 aromatic carbocycles. The second kappa shape index (κ2) is 10.5. The van der Waals surface area contributed by atoms with Gasteiger partial charge >= 0.3 is 12.1 Å². The van der Waals surface area contributed by atoms with Gasteiger partial charge in [0.05, 0.1) is 0 Å². The first kappa shape index (κ1) is 24.3. The number of carboxylic acids is 1. The van der Waals surface area contributed by atoms with Gasteiger partial charge in [0.15, 0.2) is 0 Å². The van der Waals surface area contributed by atoms with Crippen LogP contribution in [0.4, 0.5) is 4.79 Å². The number of carboxylic acid groups (broad SMARTS) is 1. The Hall–Kier alpha value is -3.35. The molecular weight excluding hydrogens is 420 g/mol. The minimum Gasteiger partial charge on any atom is -0.480 e. The summed E-state index contributed by atoms with van der Waals surface area (Å²) < 4.78 is 5.58. The highest BCUT2D eigenvalue weighted by atomic mass is 16.5. The summed E-state index contributed by atoms with van der Waals surface area (Å²) in [6.07, 6.45) is -0.0854. The third-order valence-electron chi connectivity index (χ3n) is 6.26. The minimum atomic E-state index is -1.09. The van der Waals surface area contributed by atoms with Crippen molar-refractivity contribution in [1.29, 1.82) is 0 Å². The molecule has 0 spiro atoms. The Morgan fingerprint density at radius 2 is 1.55 bits per heavy atom. The van der Waals surface area contributed by atoms with Crippen molar-refractivity contribution in [3.8, 4) is 11.1 Å². The van der Waals surface area contributed by atoms with E-state index in [1.807, 2.05) is 57.2 Å². The molecule has 1 aliphatic rings. The average Bonchev–Trinajstić information content (AvgIpc) is 3.12. The van der Waals surface area contributed by atoms with Crippen molar-refractivity contribution in [2.24, 2.45) is 5.92 Å². The molecular formula is C26H32N2O5. The molecule has 0 radical (unpaired) electrons. The molecule has 2 aromatic rings. The third kappa shape index (κ3) is 5.35. The zero-order valence-corrected chi connectivity index (χ0v) is 19.6. The van der Waals surface area contributed by atoms with Crippen LogP contribution in [-0.2, 0) is 14.3 Å². The Balaban J connectivity index is 1.71. The van der Waals surface area contributed by atoms with Gasteiger partial charge in [-0.1, -0.05) is 69.3 Å². The zero-order chi connectivity index (χ0) is 24.1. The maximum atomic E-state index is 13.1. The first-order valence-corrected chi connectivity index (χ1v) is 11.4. The largest absolute Gasteiger partial charge is 0.480 e. The number of hydrogen-bond acceptors (Lipinski definition) is 4. The number of rotatable bonds is 9. The van der Waals surface area contributed by atoms with Crippen LogP contribution in [0.15, 0.2) is 48.5 Å². The van der Waals surface area contributed by atoms with Crippen molar-refractivity contribution in [2.45, 2.75) is 52.1 Å². The number of alkyl carbamates (subject to hydrolysis) is 1. The fraction of sp³-hybridized carbons (Fsp3) is 0.423. The minimum absolute atomic E-state index is 0.0834. The van der Waals surface area contributed by atoms with Crippen molar-refractivity contribution in [1.82, 2.24) is 10.2 Å². The highest BCUT2D eigenvalue weighted by Gasteiger charge is 2.33. The van der Waals surface area contributed by atoms with E-state index >= 15 is 0 Å². The van der Waals surface area contributed by atoms with E-state index in [-0.39, 0.29) is 24.5 Å². The summed E-state index contributed by atoms with van der Waals surface area (Å²) in [4.78, 5) is 38.4. The molecule has 2 N–H and O–H groups in total. The quantitative estimate of drug-likeness (QED) is 0.593. The number of amides is 2. The maximum Gasteiger partial charge on any atom is 0.407 e. The van der Waals surface area contributed by atoms with Crippen LogP contribution in [0.25, 0.3) is 11.1 Å². The SMILES string of the molecule is CCC(C)N(CC(=O)O)C(=O)[C@@H](NC(=O)OCC1c2ccccc2-c2ccccc21)C(C)C. The predicted octanol–water partition coefficient (Wildman–Crippen LogP) is 4.26. The van der Waals surface area contributed by atoms with E-state index in [1.165, 1.54) is 4.90 Å². The van der Waals surface area contributed by atoms with Crippen molar-refractivity contribution >= 4 is 18.0 Å². The van der Waals surface area contributed by atoms with E-state index in [2.05, 4.69) is 17.4 Å². The standard InChI is InChI=1S/C26H32N2O5/c1-5-17(4)28(14-23(29)30)25(31)24(16(2)3)27-26(32)33-15-22-20-12-8-6-10-18(20)19-11-7-9-13-21(19)22/h6-13,16-17,22,24H,5,14-15H2,1-4H3,(H,27,32)(H,29,30)/t17?,24-/m0/s1. The lowest BCUT2D eigenvalue weighted by Crippen LogP contribution is -2.54. The summed E-state index contributed by atoms with van der Waals surface area (Å²) in [6.45, 7) is 7.03. The molecule has 0 fully saturated rings. The van der Waals surface area contributed by atoms with Crippen LogP contribution in [0.5, 0.6) is 0 Å². The van der Waals surface area contributed by atoms with Crippen molar-refractivity contribution in [2.75, 3.05) is 13.2 Å².